The van der Waals surface area contributed by atoms with E-state index < -0.39 is 41.1 Å². The molecule has 3 unspecified atom stereocenters. The van der Waals surface area contributed by atoms with Crippen molar-refractivity contribution in [2.75, 3.05) is 19.8 Å². The van der Waals surface area contributed by atoms with Crippen molar-refractivity contribution in [1.82, 2.24) is 0 Å². The van der Waals surface area contributed by atoms with Gasteiger partial charge in [0.15, 0.2) is 17.3 Å². The minimum absolute atomic E-state index is 0.148. The van der Waals surface area contributed by atoms with E-state index in [1.807, 2.05) is 0 Å². The topological polar surface area (TPSA) is 130 Å². The zero-order valence-corrected chi connectivity index (χ0v) is 21.7. The van der Waals surface area contributed by atoms with E-state index in [9.17, 15) is 28.8 Å². The number of aldehydes is 3. The highest BCUT2D eigenvalue weighted by molar-refractivity contribution is 5.99. The molecule has 0 saturated heterocycles. The molecule has 0 N–H and O–H groups in total. The van der Waals surface area contributed by atoms with Crippen LogP contribution in [-0.2, 0) is 43.0 Å². The van der Waals surface area contributed by atoms with Crippen LogP contribution < -0.4 is 0 Å². The van der Waals surface area contributed by atoms with Crippen molar-refractivity contribution in [3.63, 3.8) is 0 Å². The standard InChI is InChI=1S/C27H38O9/c1-8-27(15-34-21(9-12-28)24(31)18(2)3,16-35-22(10-13-29)25(32)19(4)5)17-36-23(11-14-30)26(33)20(6)7/h12-14,21-23H,2,4,6,8-11,15-17H2,1,3,5,7H3. The molecule has 9 nitrogen and oxygen atoms in total. The summed E-state index contributed by atoms with van der Waals surface area (Å²) in [4.78, 5) is 70.7. The Balaban J connectivity index is 6.03. The fourth-order valence-electron chi connectivity index (χ4n) is 3.10. The van der Waals surface area contributed by atoms with Gasteiger partial charge in [-0.1, -0.05) is 26.7 Å². The molecule has 0 amide bonds. The van der Waals surface area contributed by atoms with Crippen LogP contribution in [0.3, 0.4) is 0 Å². The van der Waals surface area contributed by atoms with Crippen LogP contribution in [-0.4, -0.2) is 74.3 Å². The third kappa shape index (κ3) is 10.8. The van der Waals surface area contributed by atoms with Gasteiger partial charge in [-0.15, -0.1) is 0 Å². The van der Waals surface area contributed by atoms with Crippen molar-refractivity contribution in [1.29, 1.82) is 0 Å². The lowest BCUT2D eigenvalue weighted by Crippen LogP contribution is -2.43. The Morgan fingerprint density at radius 2 is 0.889 bits per heavy atom. The maximum atomic E-state index is 12.4. The summed E-state index contributed by atoms with van der Waals surface area (Å²) in [5, 5.41) is 0. The average molecular weight is 507 g/mol. The number of hydrogen-bond donors (Lipinski definition) is 0. The second-order valence-corrected chi connectivity index (χ2v) is 8.89. The fraction of sp³-hybridized carbons (Fsp3) is 0.556. The Bertz CT molecular complexity index is 748. The summed E-state index contributed by atoms with van der Waals surface area (Å²) in [6.07, 6.45) is -1.84. The molecule has 0 aliphatic heterocycles. The van der Waals surface area contributed by atoms with E-state index in [2.05, 4.69) is 19.7 Å². The zero-order chi connectivity index (χ0) is 27.9. The first kappa shape index (κ1) is 33.1. The van der Waals surface area contributed by atoms with Crippen molar-refractivity contribution < 1.29 is 43.0 Å². The molecular weight excluding hydrogens is 468 g/mol. The molecule has 0 aliphatic rings. The number of carbonyl (C=O) groups excluding carboxylic acids is 6. The van der Waals surface area contributed by atoms with Crippen molar-refractivity contribution in [3.05, 3.63) is 36.5 Å². The first-order chi connectivity index (χ1) is 16.9. The van der Waals surface area contributed by atoms with Gasteiger partial charge in [-0.2, -0.15) is 0 Å². The van der Waals surface area contributed by atoms with Crippen LogP contribution >= 0.6 is 0 Å². The molecule has 0 heterocycles. The lowest BCUT2D eigenvalue weighted by Gasteiger charge is -2.35. The minimum atomic E-state index is -1.09. The van der Waals surface area contributed by atoms with Gasteiger partial charge in [0.05, 0.1) is 19.8 Å². The van der Waals surface area contributed by atoms with Gasteiger partial charge in [-0.3, -0.25) is 14.4 Å². The number of carbonyl (C=O) groups is 6. The van der Waals surface area contributed by atoms with Crippen LogP contribution in [0.15, 0.2) is 36.5 Å². The molecule has 0 aromatic carbocycles. The first-order valence-electron chi connectivity index (χ1n) is 11.6. The van der Waals surface area contributed by atoms with Gasteiger partial charge in [0.25, 0.3) is 0 Å². The summed E-state index contributed by atoms with van der Waals surface area (Å²) in [6.45, 7) is 16.7. The van der Waals surface area contributed by atoms with Gasteiger partial charge >= 0.3 is 0 Å². The molecule has 0 aliphatic carbocycles. The third-order valence-electron chi connectivity index (χ3n) is 5.59. The van der Waals surface area contributed by atoms with Crippen molar-refractivity contribution in [2.45, 2.75) is 71.7 Å². The van der Waals surface area contributed by atoms with Gasteiger partial charge in [0.2, 0.25) is 0 Å². The zero-order valence-electron chi connectivity index (χ0n) is 21.7. The summed E-state index contributed by atoms with van der Waals surface area (Å²) in [7, 11) is 0. The quantitative estimate of drug-likeness (QED) is 0.161. The number of hydrogen-bond acceptors (Lipinski definition) is 9. The van der Waals surface area contributed by atoms with E-state index >= 15 is 0 Å². The maximum Gasteiger partial charge on any atom is 0.187 e. The predicted octanol–water partition coefficient (Wildman–Crippen LogP) is 2.74. The van der Waals surface area contributed by atoms with E-state index in [0.717, 1.165) is 0 Å². The van der Waals surface area contributed by atoms with Gasteiger partial charge in [-0.25, -0.2) is 0 Å². The molecule has 0 bridgehead atoms. The molecule has 3 atom stereocenters. The summed E-state index contributed by atoms with van der Waals surface area (Å²) in [6, 6.07) is 0. The summed E-state index contributed by atoms with van der Waals surface area (Å²) < 4.78 is 17.5. The number of rotatable bonds is 22. The van der Waals surface area contributed by atoms with E-state index in [0.29, 0.717) is 25.3 Å². The highest BCUT2D eigenvalue weighted by atomic mass is 16.5. The first-order valence-corrected chi connectivity index (χ1v) is 11.6. The SMILES string of the molecule is C=C(C)C(=O)C(CC=O)OCC(CC)(COC(CC=O)C(=O)C(=C)C)COC(CC=O)C(=O)C(=C)C. The van der Waals surface area contributed by atoms with E-state index in [1.165, 1.54) is 20.8 Å². The highest BCUT2D eigenvalue weighted by Gasteiger charge is 2.36. The second-order valence-electron chi connectivity index (χ2n) is 8.89. The number of ether oxygens (including phenoxy) is 3. The molecule has 0 saturated carbocycles. The van der Waals surface area contributed by atoms with E-state index in [4.69, 9.17) is 14.2 Å². The Labute approximate surface area is 212 Å². The molecule has 0 aromatic heterocycles. The largest absolute Gasteiger partial charge is 0.369 e. The molecule has 0 spiro atoms. The molecule has 9 heteroatoms. The number of ketones is 3. The van der Waals surface area contributed by atoms with Crippen LogP contribution in [0.2, 0.25) is 0 Å². The van der Waals surface area contributed by atoms with Crippen molar-refractivity contribution in [3.8, 4) is 0 Å². The lowest BCUT2D eigenvalue weighted by atomic mass is 9.87. The Hall–Kier alpha value is -2.88. The smallest absolute Gasteiger partial charge is 0.187 e. The molecule has 36 heavy (non-hydrogen) atoms. The Morgan fingerprint density at radius 3 is 1.06 bits per heavy atom. The molecule has 200 valence electrons. The van der Waals surface area contributed by atoms with E-state index in [-0.39, 0.29) is 55.8 Å². The average Bonchev–Trinajstić information content (AvgIpc) is 2.84. The highest BCUT2D eigenvalue weighted by Crippen LogP contribution is 2.28. The number of Topliss-reactive ketones (excluding diaryl/α,β-unsaturated/α-hetero) is 3. The van der Waals surface area contributed by atoms with Crippen LogP contribution in [0.1, 0.15) is 53.4 Å². The monoisotopic (exact) mass is 506 g/mol. The van der Waals surface area contributed by atoms with Crippen molar-refractivity contribution in [2.24, 2.45) is 5.41 Å². The molecule has 0 radical (unpaired) electrons. The van der Waals surface area contributed by atoms with E-state index in [1.54, 1.807) is 6.92 Å². The fourth-order valence-corrected chi connectivity index (χ4v) is 3.10. The molecule has 0 aromatic rings. The van der Waals surface area contributed by atoms with Crippen LogP contribution in [0.25, 0.3) is 0 Å². The summed E-state index contributed by atoms with van der Waals surface area (Å²) in [5.74, 6) is -1.33. The van der Waals surface area contributed by atoms with Crippen LogP contribution in [0, 0.1) is 5.41 Å². The lowest BCUT2D eigenvalue weighted by molar-refractivity contribution is -0.150. The maximum absolute atomic E-state index is 12.4. The molecule has 0 fully saturated rings. The summed E-state index contributed by atoms with van der Waals surface area (Å²) in [5.41, 5.74) is -0.364. The Kier molecular flexibility index (Phi) is 15.4. The van der Waals surface area contributed by atoms with Gasteiger partial charge < -0.3 is 28.6 Å². The third-order valence-corrected chi connectivity index (χ3v) is 5.59. The van der Waals surface area contributed by atoms with Crippen LogP contribution in [0.5, 0.6) is 0 Å². The normalized spacial score (nSPS) is 15.0. The summed E-state index contributed by atoms with van der Waals surface area (Å²) >= 11 is 0. The molecule has 0 rings (SSSR count). The molecular formula is C27H38O9. The van der Waals surface area contributed by atoms with Gasteiger partial charge in [-0.05, 0) is 43.9 Å². The van der Waals surface area contributed by atoms with Gasteiger partial charge in [0.1, 0.15) is 37.2 Å². The van der Waals surface area contributed by atoms with Crippen LogP contribution in [0.4, 0.5) is 0 Å². The van der Waals surface area contributed by atoms with Gasteiger partial charge in [0, 0.05) is 24.7 Å². The predicted molar refractivity (Wildman–Crippen MR) is 133 cm³/mol. The Morgan fingerprint density at radius 1 is 0.639 bits per heavy atom. The van der Waals surface area contributed by atoms with Crippen molar-refractivity contribution >= 4 is 36.2 Å². The second kappa shape index (κ2) is 16.7. The minimum Gasteiger partial charge on any atom is -0.369 e.